The van der Waals surface area contributed by atoms with E-state index in [2.05, 4.69) is 264 Å². The maximum absolute atomic E-state index is 2.88. The molecule has 0 saturated carbocycles. The van der Waals surface area contributed by atoms with Crippen LogP contribution < -0.4 is 20.7 Å². The SMILES string of the molecule is c1ccc(-c2ccccc2-n2c3cc(-n4c5ccccc5c5c([Si](c6ccccc6)(c6ccccc6)c6ccccc6)cccc54)ccc3c3cccc(-c4ccccc4)c32)cc1. The summed E-state index contributed by atoms with van der Waals surface area (Å²) in [4.78, 5) is 0. The van der Waals surface area contributed by atoms with Gasteiger partial charge in [0.1, 0.15) is 0 Å². The molecule has 0 amide bonds. The Hall–Kier alpha value is -7.98. The minimum atomic E-state index is -2.88. The van der Waals surface area contributed by atoms with E-state index in [4.69, 9.17) is 0 Å². The molecule has 0 aliphatic carbocycles. The van der Waals surface area contributed by atoms with Crippen molar-refractivity contribution in [3.63, 3.8) is 0 Å². The molecule has 0 fully saturated rings. The molecule has 10 aromatic carbocycles. The van der Waals surface area contributed by atoms with Crippen LogP contribution in [0.3, 0.4) is 0 Å². The molecular formula is C60H42N2Si. The molecule has 12 aromatic rings. The molecule has 2 heterocycles. The monoisotopic (exact) mass is 818 g/mol. The van der Waals surface area contributed by atoms with Gasteiger partial charge in [-0.1, -0.05) is 224 Å². The van der Waals surface area contributed by atoms with Crippen LogP contribution in [0, 0.1) is 0 Å². The van der Waals surface area contributed by atoms with E-state index < -0.39 is 8.07 Å². The molecule has 0 radical (unpaired) electrons. The summed E-state index contributed by atoms with van der Waals surface area (Å²) >= 11 is 0. The quantitative estimate of drug-likeness (QED) is 0.107. The summed E-state index contributed by atoms with van der Waals surface area (Å²) in [6, 6.07) is 94.2. The Morgan fingerprint density at radius 2 is 0.794 bits per heavy atom. The molecule has 0 atom stereocenters. The lowest BCUT2D eigenvalue weighted by Crippen LogP contribution is -2.74. The minimum Gasteiger partial charge on any atom is -0.309 e. The van der Waals surface area contributed by atoms with Gasteiger partial charge in [-0.05, 0) is 62.2 Å². The van der Waals surface area contributed by atoms with Crippen molar-refractivity contribution in [3.05, 3.63) is 255 Å². The zero-order valence-corrected chi connectivity index (χ0v) is 35.6. The van der Waals surface area contributed by atoms with Gasteiger partial charge >= 0.3 is 0 Å². The molecule has 0 bridgehead atoms. The van der Waals surface area contributed by atoms with Crippen LogP contribution in [0.25, 0.3) is 77.2 Å². The summed E-state index contributed by atoms with van der Waals surface area (Å²) in [5.41, 5.74) is 11.8. The number of hydrogen-bond donors (Lipinski definition) is 0. The highest BCUT2D eigenvalue weighted by Gasteiger charge is 2.43. The van der Waals surface area contributed by atoms with Crippen LogP contribution in [-0.2, 0) is 0 Å². The fourth-order valence-electron chi connectivity index (χ4n) is 10.5. The summed E-state index contributed by atoms with van der Waals surface area (Å²) in [7, 11) is -2.88. The highest BCUT2D eigenvalue weighted by atomic mass is 28.3. The molecule has 296 valence electrons. The van der Waals surface area contributed by atoms with Crippen molar-refractivity contribution in [1.82, 2.24) is 9.13 Å². The normalized spacial score (nSPS) is 11.8. The second kappa shape index (κ2) is 15.2. The molecule has 63 heavy (non-hydrogen) atoms. The van der Waals surface area contributed by atoms with Gasteiger partial charge in [0.25, 0.3) is 0 Å². The topological polar surface area (TPSA) is 9.86 Å². The highest BCUT2D eigenvalue weighted by molar-refractivity contribution is 7.20. The zero-order chi connectivity index (χ0) is 41.7. The first kappa shape index (κ1) is 36.8. The molecule has 0 aliphatic rings. The fourth-order valence-corrected chi connectivity index (χ4v) is 15.5. The standard InChI is InChI=1S/C60H42N2Si/c1-6-22-43(23-7-1)49-32-16-18-36-54(49)62-57-42-45(40-41-51(57)52-35-20-34-50(60(52)62)44-24-8-2-9-25-44)61-55-37-19-17-33-53(55)59-56(61)38-21-39-58(59)63(46-26-10-3-11-27-46,47-28-12-4-13-29-47)48-30-14-5-15-31-48/h1-42H. The van der Waals surface area contributed by atoms with E-state index in [0.717, 1.165) is 16.9 Å². The van der Waals surface area contributed by atoms with Gasteiger partial charge in [0.15, 0.2) is 8.07 Å². The maximum atomic E-state index is 2.52. The molecule has 0 N–H and O–H groups in total. The molecule has 12 rings (SSSR count). The van der Waals surface area contributed by atoms with Crippen LogP contribution in [0.4, 0.5) is 0 Å². The van der Waals surface area contributed by atoms with Crippen LogP contribution in [0.2, 0.25) is 0 Å². The summed E-state index contributed by atoms with van der Waals surface area (Å²) in [5.74, 6) is 0. The van der Waals surface area contributed by atoms with Gasteiger partial charge in [0.2, 0.25) is 0 Å². The summed E-state index contributed by atoms with van der Waals surface area (Å²) < 4.78 is 5.03. The Bertz CT molecular complexity index is 3500. The number of benzene rings is 10. The Labute approximate surface area is 368 Å². The third-order valence-electron chi connectivity index (χ3n) is 13.1. The van der Waals surface area contributed by atoms with E-state index in [9.17, 15) is 0 Å². The van der Waals surface area contributed by atoms with Crippen LogP contribution in [0.15, 0.2) is 255 Å². The van der Waals surface area contributed by atoms with E-state index in [1.807, 2.05) is 0 Å². The molecule has 2 nitrogen and oxygen atoms in total. The summed E-state index contributed by atoms with van der Waals surface area (Å²) in [6.07, 6.45) is 0. The number of fused-ring (bicyclic) bond motifs is 6. The van der Waals surface area contributed by atoms with Gasteiger partial charge in [-0.15, -0.1) is 0 Å². The smallest absolute Gasteiger partial charge is 0.180 e. The number of hydrogen-bond acceptors (Lipinski definition) is 0. The summed E-state index contributed by atoms with van der Waals surface area (Å²) in [5, 5.41) is 10.5. The minimum absolute atomic E-state index is 1.12. The number of rotatable bonds is 8. The Kier molecular flexibility index (Phi) is 8.87. The van der Waals surface area contributed by atoms with E-state index in [1.54, 1.807) is 0 Å². The first-order valence-corrected chi connectivity index (χ1v) is 23.8. The molecule has 3 heteroatoms. The number of aromatic nitrogens is 2. The third kappa shape index (κ3) is 5.78. The van der Waals surface area contributed by atoms with Gasteiger partial charge in [0.05, 0.1) is 27.8 Å². The second-order valence-corrected chi connectivity index (χ2v) is 20.2. The molecule has 0 spiro atoms. The van der Waals surface area contributed by atoms with Crippen LogP contribution in [0.5, 0.6) is 0 Å². The van der Waals surface area contributed by atoms with Crippen molar-refractivity contribution in [3.8, 4) is 33.6 Å². The largest absolute Gasteiger partial charge is 0.309 e. The van der Waals surface area contributed by atoms with Crippen molar-refractivity contribution < 1.29 is 0 Å². The van der Waals surface area contributed by atoms with Crippen molar-refractivity contribution in [2.45, 2.75) is 0 Å². The van der Waals surface area contributed by atoms with E-state index in [0.29, 0.717) is 0 Å². The van der Waals surface area contributed by atoms with E-state index >= 15 is 0 Å². The molecule has 0 saturated heterocycles. The third-order valence-corrected chi connectivity index (χ3v) is 17.9. The number of nitrogens with zero attached hydrogens (tertiary/aromatic N) is 2. The average Bonchev–Trinajstić information content (AvgIpc) is 3.89. The van der Waals surface area contributed by atoms with E-state index in [1.165, 1.54) is 81.1 Å². The highest BCUT2D eigenvalue weighted by Crippen LogP contribution is 2.42. The van der Waals surface area contributed by atoms with Gasteiger partial charge in [0, 0.05) is 38.4 Å². The molecule has 2 aromatic heterocycles. The van der Waals surface area contributed by atoms with Crippen molar-refractivity contribution in [2.24, 2.45) is 0 Å². The zero-order valence-electron chi connectivity index (χ0n) is 34.6. The van der Waals surface area contributed by atoms with E-state index in [-0.39, 0.29) is 0 Å². The summed E-state index contributed by atoms with van der Waals surface area (Å²) in [6.45, 7) is 0. The Balaban J connectivity index is 1.19. The van der Waals surface area contributed by atoms with Crippen molar-refractivity contribution >= 4 is 72.4 Å². The maximum Gasteiger partial charge on any atom is 0.180 e. The number of para-hydroxylation sites is 3. The second-order valence-electron chi connectivity index (χ2n) is 16.4. The van der Waals surface area contributed by atoms with Crippen molar-refractivity contribution in [2.75, 3.05) is 0 Å². The van der Waals surface area contributed by atoms with Crippen LogP contribution in [-0.4, -0.2) is 17.2 Å². The van der Waals surface area contributed by atoms with Gasteiger partial charge in [-0.2, -0.15) is 0 Å². The predicted molar refractivity (Wildman–Crippen MR) is 270 cm³/mol. The van der Waals surface area contributed by atoms with Gasteiger partial charge < -0.3 is 9.13 Å². The van der Waals surface area contributed by atoms with Gasteiger partial charge in [-0.25, -0.2) is 0 Å². The lowest BCUT2D eigenvalue weighted by molar-refractivity contribution is 1.16. The van der Waals surface area contributed by atoms with Crippen LogP contribution in [0.1, 0.15) is 0 Å². The van der Waals surface area contributed by atoms with Crippen molar-refractivity contribution in [1.29, 1.82) is 0 Å². The molecular weight excluding hydrogens is 777 g/mol. The lowest BCUT2D eigenvalue weighted by Gasteiger charge is -2.35. The Morgan fingerprint density at radius 1 is 0.302 bits per heavy atom. The molecule has 0 aliphatic heterocycles. The average molecular weight is 819 g/mol. The van der Waals surface area contributed by atoms with Crippen LogP contribution >= 0.6 is 0 Å². The fraction of sp³-hybridized carbons (Fsp3) is 0. The first-order valence-electron chi connectivity index (χ1n) is 21.8. The lowest BCUT2D eigenvalue weighted by atomic mass is 10.0. The molecule has 0 unspecified atom stereocenters. The first-order chi connectivity index (χ1) is 31.3. The van der Waals surface area contributed by atoms with Gasteiger partial charge in [-0.3, -0.25) is 0 Å². The Morgan fingerprint density at radius 3 is 1.44 bits per heavy atom. The predicted octanol–water partition coefficient (Wildman–Crippen LogP) is 12.6.